The van der Waals surface area contributed by atoms with Gasteiger partial charge in [0, 0.05) is 53.9 Å². The molecule has 2 aromatic carbocycles. The van der Waals surface area contributed by atoms with E-state index in [2.05, 4.69) is 20.6 Å². The molecule has 2 saturated heterocycles. The number of hydrogen-bond acceptors (Lipinski definition) is 9. The van der Waals surface area contributed by atoms with Gasteiger partial charge in [-0.2, -0.15) is 0 Å². The standard InChI is InChI=1S/C34H36Cl2N6O4/c1-44-33-26(11-3-6-20-12-13-30(43)40-20)38-16-27(41-33)24-9-4-7-22(31(24)35)23-8-5-10-25(32(23)36)28-17-39-29(34(42-28)45-2)18-37-21-14-15-46-19-21/h4-5,7-10,16-17,20-21,37H,3,6,11-15,18-19H2,1-2H3,(H,40,43)/t20-,21-/m1/s1. The maximum Gasteiger partial charge on any atom is 0.237 e. The van der Waals surface area contributed by atoms with Crippen LogP contribution >= 0.6 is 23.2 Å². The van der Waals surface area contributed by atoms with Gasteiger partial charge in [0.2, 0.25) is 17.7 Å². The van der Waals surface area contributed by atoms with Gasteiger partial charge >= 0.3 is 0 Å². The van der Waals surface area contributed by atoms with E-state index in [1.165, 1.54) is 0 Å². The van der Waals surface area contributed by atoms with Crippen molar-refractivity contribution in [1.82, 2.24) is 30.6 Å². The van der Waals surface area contributed by atoms with Crippen LogP contribution in [0.5, 0.6) is 11.8 Å². The molecule has 0 spiro atoms. The highest BCUT2D eigenvalue weighted by Crippen LogP contribution is 2.42. The predicted molar refractivity (Wildman–Crippen MR) is 177 cm³/mol. The molecule has 4 aromatic rings. The van der Waals surface area contributed by atoms with E-state index in [0.717, 1.165) is 49.1 Å². The number of nitrogens with one attached hydrogen (secondary N) is 2. The van der Waals surface area contributed by atoms with Crippen molar-refractivity contribution in [1.29, 1.82) is 0 Å². The molecule has 4 heterocycles. The largest absolute Gasteiger partial charge is 0.480 e. The summed E-state index contributed by atoms with van der Waals surface area (Å²) in [6.45, 7) is 1.98. The van der Waals surface area contributed by atoms with Gasteiger partial charge in [0.25, 0.3) is 0 Å². The van der Waals surface area contributed by atoms with E-state index >= 15 is 0 Å². The molecule has 0 aliphatic carbocycles. The van der Waals surface area contributed by atoms with Crippen molar-refractivity contribution in [2.24, 2.45) is 0 Å². The second kappa shape index (κ2) is 14.7. The van der Waals surface area contributed by atoms with Gasteiger partial charge in [-0.25, -0.2) is 9.97 Å². The van der Waals surface area contributed by atoms with Crippen molar-refractivity contribution in [3.8, 4) is 45.4 Å². The predicted octanol–water partition coefficient (Wildman–Crippen LogP) is 6.07. The summed E-state index contributed by atoms with van der Waals surface area (Å²) in [5.74, 6) is 1.02. The summed E-state index contributed by atoms with van der Waals surface area (Å²) < 4.78 is 16.7. The highest BCUT2D eigenvalue weighted by atomic mass is 35.5. The number of aryl methyl sites for hydroxylation is 1. The van der Waals surface area contributed by atoms with E-state index in [1.807, 2.05) is 36.4 Å². The Balaban J connectivity index is 1.23. The molecule has 12 heteroatoms. The van der Waals surface area contributed by atoms with Crippen molar-refractivity contribution in [2.75, 3.05) is 27.4 Å². The number of nitrogens with zero attached hydrogens (tertiary/aromatic N) is 4. The van der Waals surface area contributed by atoms with Crippen LogP contribution in [0.4, 0.5) is 0 Å². The Morgan fingerprint density at radius 1 is 0.891 bits per heavy atom. The Bertz CT molecular complexity index is 1720. The highest BCUT2D eigenvalue weighted by molar-refractivity contribution is 6.39. The van der Waals surface area contributed by atoms with Crippen LogP contribution in [0.25, 0.3) is 33.6 Å². The lowest BCUT2D eigenvalue weighted by molar-refractivity contribution is -0.119. The summed E-state index contributed by atoms with van der Waals surface area (Å²) in [6.07, 6.45) is 8.33. The van der Waals surface area contributed by atoms with Crippen molar-refractivity contribution < 1.29 is 19.0 Å². The zero-order chi connectivity index (χ0) is 32.0. The summed E-state index contributed by atoms with van der Waals surface area (Å²) in [5.41, 5.74) is 5.56. The number of amides is 1. The van der Waals surface area contributed by atoms with E-state index in [1.54, 1.807) is 26.6 Å². The zero-order valence-electron chi connectivity index (χ0n) is 25.8. The zero-order valence-corrected chi connectivity index (χ0v) is 27.3. The molecule has 0 bridgehead atoms. The monoisotopic (exact) mass is 662 g/mol. The fourth-order valence-electron chi connectivity index (χ4n) is 5.90. The van der Waals surface area contributed by atoms with Crippen LogP contribution in [0, 0.1) is 0 Å². The van der Waals surface area contributed by atoms with Gasteiger partial charge in [0.15, 0.2) is 0 Å². The quantitative estimate of drug-likeness (QED) is 0.186. The first-order valence-electron chi connectivity index (χ1n) is 15.4. The highest BCUT2D eigenvalue weighted by Gasteiger charge is 2.22. The first-order valence-corrected chi connectivity index (χ1v) is 16.2. The van der Waals surface area contributed by atoms with E-state index < -0.39 is 0 Å². The second-order valence-electron chi connectivity index (χ2n) is 11.4. The minimum atomic E-state index is 0.126. The number of halogens is 2. The average Bonchev–Trinajstić information content (AvgIpc) is 3.76. The van der Waals surface area contributed by atoms with Crippen molar-refractivity contribution in [2.45, 2.75) is 57.2 Å². The molecule has 0 unspecified atom stereocenters. The number of benzene rings is 2. The van der Waals surface area contributed by atoms with Crippen LogP contribution in [-0.2, 0) is 22.5 Å². The molecule has 0 saturated carbocycles. The number of aromatic nitrogens is 4. The molecule has 0 radical (unpaired) electrons. The van der Waals surface area contributed by atoms with Gasteiger partial charge < -0.3 is 24.8 Å². The van der Waals surface area contributed by atoms with Crippen molar-refractivity contribution in [3.63, 3.8) is 0 Å². The lowest BCUT2D eigenvalue weighted by Gasteiger charge is -2.15. The Morgan fingerprint density at radius 2 is 1.50 bits per heavy atom. The number of rotatable bonds is 12. The third-order valence-corrected chi connectivity index (χ3v) is 9.20. The molecule has 2 atom stereocenters. The molecular weight excluding hydrogens is 627 g/mol. The Kier molecular flexibility index (Phi) is 10.3. The minimum Gasteiger partial charge on any atom is -0.480 e. The Hall–Kier alpha value is -3.83. The maximum absolute atomic E-state index is 11.5. The van der Waals surface area contributed by atoms with Crippen LogP contribution in [0.2, 0.25) is 10.0 Å². The summed E-state index contributed by atoms with van der Waals surface area (Å²) in [4.78, 5) is 30.3. The van der Waals surface area contributed by atoms with Crippen molar-refractivity contribution in [3.05, 3.63) is 70.2 Å². The van der Waals surface area contributed by atoms with Crippen LogP contribution in [0.3, 0.4) is 0 Å². The molecule has 240 valence electrons. The first kappa shape index (κ1) is 32.1. The second-order valence-corrected chi connectivity index (χ2v) is 12.1. The molecule has 6 rings (SSSR count). The molecule has 10 nitrogen and oxygen atoms in total. The fraction of sp³-hybridized carbons (Fsp3) is 0.382. The number of carbonyl (C=O) groups excluding carboxylic acids is 1. The van der Waals surface area contributed by atoms with Gasteiger partial charge in [-0.1, -0.05) is 59.6 Å². The topological polar surface area (TPSA) is 120 Å². The fourth-order valence-corrected chi connectivity index (χ4v) is 6.54. The maximum atomic E-state index is 11.5. The minimum absolute atomic E-state index is 0.126. The van der Waals surface area contributed by atoms with Crippen molar-refractivity contribution >= 4 is 29.1 Å². The van der Waals surface area contributed by atoms with Gasteiger partial charge in [0.1, 0.15) is 11.4 Å². The molecule has 2 aliphatic rings. The van der Waals surface area contributed by atoms with E-state index in [0.29, 0.717) is 82.0 Å². The van der Waals surface area contributed by atoms with Gasteiger partial charge in [-0.15, -0.1) is 0 Å². The van der Waals surface area contributed by atoms with Crippen LogP contribution < -0.4 is 20.1 Å². The van der Waals surface area contributed by atoms with Crippen LogP contribution in [0.15, 0.2) is 48.8 Å². The van der Waals surface area contributed by atoms with E-state index in [4.69, 9.17) is 47.4 Å². The van der Waals surface area contributed by atoms with Gasteiger partial charge in [-0.3, -0.25) is 14.8 Å². The average molecular weight is 664 g/mol. The first-order chi connectivity index (χ1) is 22.4. The number of methoxy groups -OCH3 is 2. The Labute approximate surface area is 278 Å². The lowest BCUT2D eigenvalue weighted by Crippen LogP contribution is -2.29. The SMILES string of the molecule is COc1nc(-c2cccc(-c3cccc(-c4cnc(CN[C@@H]5CCOC5)c(OC)n4)c3Cl)c2Cl)cnc1CCC[C@@H]1CCC(=O)N1. The van der Waals surface area contributed by atoms with Gasteiger partial charge in [-0.05, 0) is 32.1 Å². The third-order valence-electron chi connectivity index (χ3n) is 8.39. The molecule has 2 aromatic heterocycles. The van der Waals surface area contributed by atoms with Crippen LogP contribution in [-0.4, -0.2) is 65.4 Å². The number of hydrogen-bond donors (Lipinski definition) is 2. The lowest BCUT2D eigenvalue weighted by atomic mass is 9.98. The summed E-state index contributed by atoms with van der Waals surface area (Å²) in [5, 5.41) is 7.44. The van der Waals surface area contributed by atoms with Gasteiger partial charge in [0.05, 0.1) is 54.7 Å². The molecule has 46 heavy (non-hydrogen) atoms. The Morgan fingerprint density at radius 3 is 2.07 bits per heavy atom. The number of carbonyl (C=O) groups is 1. The smallest absolute Gasteiger partial charge is 0.237 e. The molecule has 1 amide bonds. The van der Waals surface area contributed by atoms with E-state index in [-0.39, 0.29) is 11.9 Å². The number of ether oxygens (including phenoxy) is 3. The molecule has 2 aliphatic heterocycles. The van der Waals surface area contributed by atoms with E-state index in [9.17, 15) is 4.79 Å². The summed E-state index contributed by atoms with van der Waals surface area (Å²) in [7, 11) is 3.17. The molecule has 2 fully saturated rings. The third kappa shape index (κ3) is 7.10. The summed E-state index contributed by atoms with van der Waals surface area (Å²) in [6, 6.07) is 12.0. The normalized spacial score (nSPS) is 17.7. The molecular formula is C34H36Cl2N6O4. The van der Waals surface area contributed by atoms with Crippen LogP contribution in [0.1, 0.15) is 43.5 Å². The summed E-state index contributed by atoms with van der Waals surface area (Å²) >= 11 is 14.1. The molecule has 2 N–H and O–H groups in total.